The van der Waals surface area contributed by atoms with Gasteiger partial charge in [0.1, 0.15) is 5.54 Å². The molecule has 0 aliphatic heterocycles. The highest BCUT2D eigenvalue weighted by atomic mass is 16.5. The third kappa shape index (κ3) is 4.36. The van der Waals surface area contributed by atoms with Crippen molar-refractivity contribution >= 4 is 0 Å². The number of ether oxygens (including phenoxy) is 2. The Hall–Kier alpha value is -0.980. The van der Waals surface area contributed by atoms with Crippen LogP contribution < -0.4 is 5.73 Å². The Bertz CT molecular complexity index is 352. The van der Waals surface area contributed by atoms with Crippen LogP contribution in [0.25, 0.3) is 0 Å². The van der Waals surface area contributed by atoms with Gasteiger partial charge in [0.15, 0.2) is 5.82 Å². The standard InChI is InChI=1S/C12H23N3O3/c1-5-17-8-12(3,13)11-14-10(18-15-11)6-9(2)7-16-4/h9H,5-8,13H2,1-4H3. The van der Waals surface area contributed by atoms with Gasteiger partial charge in [-0.05, 0) is 19.8 Å². The predicted molar refractivity (Wildman–Crippen MR) is 67.1 cm³/mol. The van der Waals surface area contributed by atoms with E-state index in [0.29, 0.717) is 43.9 Å². The van der Waals surface area contributed by atoms with Crippen LogP contribution in [-0.4, -0.2) is 37.1 Å². The van der Waals surface area contributed by atoms with E-state index in [2.05, 4.69) is 17.1 Å². The fraction of sp³-hybridized carbons (Fsp3) is 0.833. The molecular weight excluding hydrogens is 234 g/mol. The molecule has 1 heterocycles. The molecule has 1 rings (SSSR count). The Kier molecular flexibility index (Phi) is 5.71. The van der Waals surface area contributed by atoms with Gasteiger partial charge in [0.05, 0.1) is 6.61 Å². The lowest BCUT2D eigenvalue weighted by Crippen LogP contribution is -2.39. The Morgan fingerprint density at radius 2 is 2.22 bits per heavy atom. The summed E-state index contributed by atoms with van der Waals surface area (Å²) in [6.45, 7) is 7.46. The number of hydrogen-bond acceptors (Lipinski definition) is 6. The summed E-state index contributed by atoms with van der Waals surface area (Å²) in [4.78, 5) is 4.32. The van der Waals surface area contributed by atoms with Crippen LogP contribution in [-0.2, 0) is 21.4 Å². The van der Waals surface area contributed by atoms with Gasteiger partial charge in [-0.3, -0.25) is 0 Å². The molecule has 0 aromatic carbocycles. The molecule has 1 aromatic rings. The molecule has 0 bridgehead atoms. The van der Waals surface area contributed by atoms with Gasteiger partial charge >= 0.3 is 0 Å². The molecule has 18 heavy (non-hydrogen) atoms. The van der Waals surface area contributed by atoms with Crippen molar-refractivity contribution in [1.29, 1.82) is 0 Å². The van der Waals surface area contributed by atoms with Crippen LogP contribution in [0.1, 0.15) is 32.5 Å². The summed E-state index contributed by atoms with van der Waals surface area (Å²) in [5.74, 6) is 1.40. The van der Waals surface area contributed by atoms with Crippen LogP contribution in [0.2, 0.25) is 0 Å². The van der Waals surface area contributed by atoms with Crippen LogP contribution >= 0.6 is 0 Å². The Morgan fingerprint density at radius 1 is 1.50 bits per heavy atom. The van der Waals surface area contributed by atoms with Crippen molar-refractivity contribution in [2.45, 2.75) is 32.7 Å². The summed E-state index contributed by atoms with van der Waals surface area (Å²) in [5.41, 5.74) is 5.37. The fourth-order valence-corrected chi connectivity index (χ4v) is 1.59. The summed E-state index contributed by atoms with van der Waals surface area (Å²) >= 11 is 0. The van der Waals surface area contributed by atoms with Crippen molar-refractivity contribution in [2.75, 3.05) is 26.9 Å². The summed E-state index contributed by atoms with van der Waals surface area (Å²) in [5, 5.41) is 3.92. The van der Waals surface area contributed by atoms with Crippen LogP contribution in [0.3, 0.4) is 0 Å². The minimum Gasteiger partial charge on any atom is -0.384 e. The predicted octanol–water partition coefficient (Wildman–Crippen LogP) is 1.10. The van der Waals surface area contributed by atoms with Gasteiger partial charge < -0.3 is 19.7 Å². The molecule has 2 N–H and O–H groups in total. The Labute approximate surface area is 108 Å². The molecule has 0 radical (unpaired) electrons. The minimum absolute atomic E-state index is 0.333. The molecule has 0 fully saturated rings. The van der Waals surface area contributed by atoms with Gasteiger partial charge in [-0.25, -0.2) is 0 Å². The lowest BCUT2D eigenvalue weighted by atomic mass is 10.1. The second-order valence-corrected chi connectivity index (χ2v) is 4.83. The minimum atomic E-state index is -0.720. The highest BCUT2D eigenvalue weighted by molar-refractivity contribution is 5.02. The van der Waals surface area contributed by atoms with Crippen LogP contribution in [0.15, 0.2) is 4.52 Å². The van der Waals surface area contributed by atoms with Crippen molar-refractivity contribution in [3.8, 4) is 0 Å². The average Bonchev–Trinajstić information content (AvgIpc) is 2.76. The molecule has 0 aliphatic carbocycles. The second-order valence-electron chi connectivity index (χ2n) is 4.83. The molecule has 0 aliphatic rings. The van der Waals surface area contributed by atoms with Gasteiger partial charge in [-0.15, -0.1) is 0 Å². The summed E-state index contributed by atoms with van der Waals surface area (Å²) < 4.78 is 15.6. The van der Waals surface area contributed by atoms with Gasteiger partial charge in [0.2, 0.25) is 5.89 Å². The second kappa shape index (κ2) is 6.82. The van der Waals surface area contributed by atoms with E-state index >= 15 is 0 Å². The first-order chi connectivity index (χ1) is 8.49. The quantitative estimate of drug-likeness (QED) is 0.751. The van der Waals surface area contributed by atoms with E-state index in [-0.39, 0.29) is 0 Å². The molecule has 0 saturated heterocycles. The molecule has 6 heteroatoms. The van der Waals surface area contributed by atoms with E-state index in [0.717, 1.165) is 0 Å². The van der Waals surface area contributed by atoms with E-state index in [4.69, 9.17) is 19.7 Å². The van der Waals surface area contributed by atoms with Crippen LogP contribution in [0, 0.1) is 5.92 Å². The van der Waals surface area contributed by atoms with E-state index in [9.17, 15) is 0 Å². The lowest BCUT2D eigenvalue weighted by Gasteiger charge is -2.19. The third-order valence-corrected chi connectivity index (χ3v) is 2.56. The maximum Gasteiger partial charge on any atom is 0.227 e. The van der Waals surface area contributed by atoms with Crippen LogP contribution in [0.5, 0.6) is 0 Å². The molecule has 2 atom stereocenters. The molecule has 104 valence electrons. The highest BCUT2D eigenvalue weighted by Crippen LogP contribution is 2.16. The molecule has 6 nitrogen and oxygen atoms in total. The smallest absolute Gasteiger partial charge is 0.227 e. The van der Waals surface area contributed by atoms with Gasteiger partial charge in [0.25, 0.3) is 0 Å². The summed E-state index contributed by atoms with van der Waals surface area (Å²) in [6, 6.07) is 0. The van der Waals surface area contributed by atoms with Crippen molar-refractivity contribution in [3.63, 3.8) is 0 Å². The molecule has 0 amide bonds. The molecule has 2 unspecified atom stereocenters. The van der Waals surface area contributed by atoms with Crippen molar-refractivity contribution in [3.05, 3.63) is 11.7 Å². The number of nitrogens with two attached hydrogens (primary N) is 1. The molecular formula is C12H23N3O3. The number of hydrogen-bond donors (Lipinski definition) is 1. The fourth-order valence-electron chi connectivity index (χ4n) is 1.59. The largest absolute Gasteiger partial charge is 0.384 e. The topological polar surface area (TPSA) is 83.4 Å². The molecule has 1 aromatic heterocycles. The van der Waals surface area contributed by atoms with E-state index in [1.165, 1.54) is 0 Å². The lowest BCUT2D eigenvalue weighted by molar-refractivity contribution is 0.0962. The van der Waals surface area contributed by atoms with Gasteiger partial charge in [0, 0.05) is 26.7 Å². The molecule has 0 spiro atoms. The van der Waals surface area contributed by atoms with E-state index in [1.54, 1.807) is 7.11 Å². The Morgan fingerprint density at radius 3 is 2.83 bits per heavy atom. The van der Waals surface area contributed by atoms with E-state index < -0.39 is 5.54 Å². The number of nitrogens with zero attached hydrogens (tertiary/aromatic N) is 2. The highest BCUT2D eigenvalue weighted by Gasteiger charge is 2.28. The number of methoxy groups -OCH3 is 1. The monoisotopic (exact) mass is 257 g/mol. The first-order valence-corrected chi connectivity index (χ1v) is 6.18. The summed E-state index contributed by atoms with van der Waals surface area (Å²) in [6.07, 6.45) is 0.686. The zero-order valence-electron chi connectivity index (χ0n) is 11.6. The first-order valence-electron chi connectivity index (χ1n) is 6.18. The van der Waals surface area contributed by atoms with Crippen LogP contribution in [0.4, 0.5) is 0 Å². The summed E-state index contributed by atoms with van der Waals surface area (Å²) in [7, 11) is 1.68. The average molecular weight is 257 g/mol. The first kappa shape index (κ1) is 15.1. The van der Waals surface area contributed by atoms with Crippen molar-refractivity contribution in [1.82, 2.24) is 10.1 Å². The van der Waals surface area contributed by atoms with E-state index in [1.807, 2.05) is 13.8 Å². The van der Waals surface area contributed by atoms with Gasteiger partial charge in [-0.2, -0.15) is 4.98 Å². The number of rotatable bonds is 8. The SMILES string of the molecule is CCOCC(C)(N)c1noc(CC(C)COC)n1. The maximum atomic E-state index is 6.09. The normalized spacial score (nSPS) is 16.5. The zero-order chi connectivity index (χ0) is 13.6. The number of aromatic nitrogens is 2. The van der Waals surface area contributed by atoms with Crippen molar-refractivity contribution < 1.29 is 14.0 Å². The van der Waals surface area contributed by atoms with Gasteiger partial charge in [-0.1, -0.05) is 12.1 Å². The Balaban J connectivity index is 2.61. The third-order valence-electron chi connectivity index (χ3n) is 2.56. The molecule has 0 saturated carbocycles. The van der Waals surface area contributed by atoms with Crippen molar-refractivity contribution in [2.24, 2.45) is 11.7 Å². The zero-order valence-corrected chi connectivity index (χ0v) is 11.6. The maximum absolute atomic E-state index is 6.09.